The van der Waals surface area contributed by atoms with Crippen molar-refractivity contribution < 1.29 is 19.0 Å². The van der Waals surface area contributed by atoms with Gasteiger partial charge in [-0.2, -0.15) is 0 Å². The van der Waals surface area contributed by atoms with Gasteiger partial charge in [0.15, 0.2) is 28.6 Å². The van der Waals surface area contributed by atoms with E-state index in [2.05, 4.69) is 10.2 Å². The summed E-state index contributed by atoms with van der Waals surface area (Å²) in [6, 6.07) is 7.56. The van der Waals surface area contributed by atoms with Crippen molar-refractivity contribution in [1.29, 1.82) is 0 Å². The third-order valence-corrected chi connectivity index (χ3v) is 5.74. The van der Waals surface area contributed by atoms with Crippen LogP contribution < -0.4 is 9.47 Å². The number of hydrogen-bond acceptors (Lipinski definition) is 7. The average molecular weight is 390 g/mol. The summed E-state index contributed by atoms with van der Waals surface area (Å²) in [7, 11) is 1.88. The number of rotatable bonds is 4. The lowest BCUT2D eigenvalue weighted by Crippen LogP contribution is -2.44. The van der Waals surface area contributed by atoms with Crippen LogP contribution in [-0.4, -0.2) is 63.7 Å². The number of carbonyl (C=O) groups is 1. The lowest BCUT2D eigenvalue weighted by molar-refractivity contribution is -0.134. The van der Waals surface area contributed by atoms with Crippen LogP contribution in [0.4, 0.5) is 0 Å². The number of morpholine rings is 1. The van der Waals surface area contributed by atoms with Gasteiger partial charge < -0.3 is 23.7 Å². The topological polar surface area (TPSA) is 78.7 Å². The number of ether oxygens (including phenoxy) is 3. The van der Waals surface area contributed by atoms with Gasteiger partial charge in [0, 0.05) is 20.1 Å². The van der Waals surface area contributed by atoms with Gasteiger partial charge in [0.1, 0.15) is 6.61 Å². The molecule has 1 saturated heterocycles. The minimum Gasteiger partial charge on any atom is -0.485 e. The van der Waals surface area contributed by atoms with E-state index >= 15 is 0 Å². The van der Waals surface area contributed by atoms with Gasteiger partial charge in [-0.3, -0.25) is 4.79 Å². The summed E-state index contributed by atoms with van der Waals surface area (Å²) in [5.74, 6) is 2.20. The Hall–Kier alpha value is -2.26. The Bertz CT molecular complexity index is 821. The number of nitrogens with zero attached hydrogens (tertiary/aromatic N) is 4. The summed E-state index contributed by atoms with van der Waals surface area (Å²) in [6.45, 7) is 4.74. The van der Waals surface area contributed by atoms with Crippen molar-refractivity contribution >= 4 is 17.7 Å². The number of amides is 1. The normalized spacial score (nSPS) is 20.4. The number of benzene rings is 1. The van der Waals surface area contributed by atoms with Crippen LogP contribution >= 0.6 is 11.8 Å². The standard InChI is InChI=1S/C18H22N4O4S/c1-12(17(23)22-7-9-24-10-8-22)27-18-20-19-16(21(18)2)15-11-25-13-5-3-4-6-14(13)26-15/h3-6,12,15H,7-11H2,1-2H3. The Morgan fingerprint density at radius 1 is 1.22 bits per heavy atom. The van der Waals surface area contributed by atoms with Gasteiger partial charge in [-0.15, -0.1) is 10.2 Å². The number of aromatic nitrogens is 3. The molecule has 4 rings (SSSR count). The van der Waals surface area contributed by atoms with Crippen molar-refractivity contribution in [2.75, 3.05) is 32.9 Å². The Morgan fingerprint density at radius 3 is 2.74 bits per heavy atom. The summed E-state index contributed by atoms with van der Waals surface area (Å²) in [5, 5.41) is 8.97. The summed E-state index contributed by atoms with van der Waals surface area (Å²) < 4.78 is 19.0. The predicted octanol–water partition coefficient (Wildman–Crippen LogP) is 1.67. The first-order valence-corrected chi connectivity index (χ1v) is 9.82. The molecule has 0 N–H and O–H groups in total. The first-order valence-electron chi connectivity index (χ1n) is 8.94. The van der Waals surface area contributed by atoms with Crippen molar-refractivity contribution in [3.05, 3.63) is 30.1 Å². The quantitative estimate of drug-likeness (QED) is 0.735. The largest absolute Gasteiger partial charge is 0.485 e. The molecule has 2 aromatic rings. The zero-order valence-electron chi connectivity index (χ0n) is 15.3. The van der Waals surface area contributed by atoms with Gasteiger partial charge >= 0.3 is 0 Å². The molecule has 2 aliphatic heterocycles. The molecular weight excluding hydrogens is 368 g/mol. The van der Waals surface area contributed by atoms with Gasteiger partial charge in [-0.05, 0) is 19.1 Å². The molecular formula is C18H22N4O4S. The highest BCUT2D eigenvalue weighted by atomic mass is 32.2. The molecule has 1 aromatic heterocycles. The van der Waals surface area contributed by atoms with Crippen LogP contribution in [0, 0.1) is 0 Å². The van der Waals surface area contributed by atoms with Crippen LogP contribution in [0.1, 0.15) is 18.9 Å². The van der Waals surface area contributed by atoms with Crippen LogP contribution in [0.25, 0.3) is 0 Å². The zero-order valence-corrected chi connectivity index (χ0v) is 16.1. The first kappa shape index (κ1) is 18.1. The maximum absolute atomic E-state index is 12.6. The van der Waals surface area contributed by atoms with Gasteiger partial charge in [0.25, 0.3) is 0 Å². The Kier molecular flexibility index (Phi) is 5.22. The summed E-state index contributed by atoms with van der Waals surface area (Å²) in [5.41, 5.74) is 0. The molecule has 0 radical (unpaired) electrons. The van der Waals surface area contributed by atoms with Crippen molar-refractivity contribution in [2.24, 2.45) is 7.05 Å². The number of thioether (sulfide) groups is 1. The second-order valence-electron chi connectivity index (χ2n) is 6.46. The Balaban J connectivity index is 1.44. The van der Waals surface area contributed by atoms with Crippen molar-refractivity contribution in [1.82, 2.24) is 19.7 Å². The van der Waals surface area contributed by atoms with E-state index in [0.717, 1.165) is 5.75 Å². The Morgan fingerprint density at radius 2 is 1.96 bits per heavy atom. The average Bonchev–Trinajstić information content (AvgIpc) is 3.08. The van der Waals surface area contributed by atoms with E-state index in [0.29, 0.717) is 49.6 Å². The maximum atomic E-state index is 12.6. The van der Waals surface area contributed by atoms with Crippen LogP contribution in [0.3, 0.4) is 0 Å². The fourth-order valence-electron chi connectivity index (χ4n) is 3.11. The highest BCUT2D eigenvalue weighted by Crippen LogP contribution is 2.36. The summed E-state index contributed by atoms with van der Waals surface area (Å²) in [4.78, 5) is 14.4. The van der Waals surface area contributed by atoms with Gasteiger partial charge in [0.05, 0.1) is 18.5 Å². The van der Waals surface area contributed by atoms with Gasteiger partial charge in [-0.1, -0.05) is 23.9 Å². The molecule has 8 nitrogen and oxygen atoms in total. The molecule has 1 fully saturated rings. The molecule has 0 spiro atoms. The van der Waals surface area contributed by atoms with Gasteiger partial charge in [0.2, 0.25) is 5.91 Å². The van der Waals surface area contributed by atoms with E-state index in [1.165, 1.54) is 11.8 Å². The molecule has 144 valence electrons. The van der Waals surface area contributed by atoms with Crippen molar-refractivity contribution in [3.8, 4) is 11.5 Å². The second kappa shape index (κ2) is 7.77. The maximum Gasteiger partial charge on any atom is 0.236 e. The number of hydrogen-bond donors (Lipinski definition) is 0. The molecule has 0 saturated carbocycles. The lowest BCUT2D eigenvalue weighted by atomic mass is 10.2. The molecule has 27 heavy (non-hydrogen) atoms. The predicted molar refractivity (Wildman–Crippen MR) is 99.0 cm³/mol. The molecule has 2 unspecified atom stereocenters. The molecule has 1 aromatic carbocycles. The Labute approximate surface area is 161 Å². The molecule has 3 heterocycles. The van der Waals surface area contributed by atoms with Crippen LogP contribution in [0.2, 0.25) is 0 Å². The SMILES string of the molecule is CC(Sc1nnc(C2COc3ccccc3O2)n1C)C(=O)N1CCOCC1. The first-order chi connectivity index (χ1) is 13.1. The van der Waals surface area contributed by atoms with Crippen LogP contribution in [-0.2, 0) is 16.6 Å². The lowest BCUT2D eigenvalue weighted by Gasteiger charge is -2.29. The summed E-state index contributed by atoms with van der Waals surface area (Å²) >= 11 is 1.40. The van der Waals surface area contributed by atoms with E-state index in [1.54, 1.807) is 0 Å². The van der Waals surface area contributed by atoms with E-state index < -0.39 is 0 Å². The van der Waals surface area contributed by atoms with Crippen LogP contribution in [0.15, 0.2) is 29.4 Å². The van der Waals surface area contributed by atoms with E-state index in [1.807, 2.05) is 47.7 Å². The van der Waals surface area contributed by atoms with E-state index in [4.69, 9.17) is 14.2 Å². The van der Waals surface area contributed by atoms with E-state index in [-0.39, 0.29) is 17.3 Å². The van der Waals surface area contributed by atoms with Crippen LogP contribution in [0.5, 0.6) is 11.5 Å². The monoisotopic (exact) mass is 390 g/mol. The van der Waals surface area contributed by atoms with E-state index in [9.17, 15) is 4.79 Å². The molecule has 2 atom stereocenters. The molecule has 0 aliphatic carbocycles. The zero-order chi connectivity index (χ0) is 18.8. The minimum absolute atomic E-state index is 0.0963. The number of fused-ring (bicyclic) bond motifs is 1. The molecule has 2 aliphatic rings. The fourth-order valence-corrected chi connectivity index (χ4v) is 4.01. The fraction of sp³-hybridized carbons (Fsp3) is 0.500. The molecule has 9 heteroatoms. The number of carbonyl (C=O) groups excluding carboxylic acids is 1. The minimum atomic E-state index is -0.336. The number of para-hydroxylation sites is 2. The van der Waals surface area contributed by atoms with Crippen molar-refractivity contribution in [3.63, 3.8) is 0 Å². The third kappa shape index (κ3) is 3.74. The third-order valence-electron chi connectivity index (χ3n) is 4.62. The second-order valence-corrected chi connectivity index (χ2v) is 7.77. The highest BCUT2D eigenvalue weighted by molar-refractivity contribution is 8.00. The van der Waals surface area contributed by atoms with Gasteiger partial charge in [-0.25, -0.2) is 0 Å². The molecule has 0 bridgehead atoms. The highest BCUT2D eigenvalue weighted by Gasteiger charge is 2.29. The van der Waals surface area contributed by atoms with Crippen molar-refractivity contribution in [2.45, 2.75) is 23.4 Å². The smallest absolute Gasteiger partial charge is 0.236 e. The molecule has 1 amide bonds. The summed E-state index contributed by atoms with van der Waals surface area (Å²) in [6.07, 6.45) is -0.336.